The van der Waals surface area contributed by atoms with Crippen molar-refractivity contribution in [1.29, 1.82) is 0 Å². The molecule has 1 unspecified atom stereocenters. The molecule has 9 heavy (non-hydrogen) atoms. The van der Waals surface area contributed by atoms with Gasteiger partial charge < -0.3 is 0 Å². The molecule has 2 bridgehead atoms. The van der Waals surface area contributed by atoms with Crippen LogP contribution < -0.4 is 0 Å². The molecule has 2 rings (SSSR count). The Morgan fingerprint density at radius 1 is 1.56 bits per heavy atom. The van der Waals surface area contributed by atoms with Crippen LogP contribution in [-0.4, -0.2) is 0 Å². The van der Waals surface area contributed by atoms with Crippen LogP contribution in [0.15, 0.2) is 11.6 Å². The van der Waals surface area contributed by atoms with E-state index in [9.17, 15) is 0 Å². The number of rotatable bonds is 0. The minimum Gasteiger partial charge on any atom is -0.0845 e. The van der Waals surface area contributed by atoms with Gasteiger partial charge in [0.05, 0.1) is 0 Å². The molecule has 2 aliphatic rings. The van der Waals surface area contributed by atoms with Gasteiger partial charge in [-0.25, -0.2) is 0 Å². The molecular formula is C9H14. The molecule has 0 aromatic heterocycles. The highest BCUT2D eigenvalue weighted by molar-refractivity contribution is 5.25. The Morgan fingerprint density at radius 2 is 2.33 bits per heavy atom. The molecular weight excluding hydrogens is 108 g/mol. The second-order valence-electron chi connectivity index (χ2n) is 3.92. The summed E-state index contributed by atoms with van der Waals surface area (Å²) in [6.07, 6.45) is 6.66. The fourth-order valence-corrected chi connectivity index (χ4v) is 2.34. The average Bonchev–Trinajstić information content (AvgIpc) is 2.24. The van der Waals surface area contributed by atoms with Gasteiger partial charge >= 0.3 is 0 Å². The fraction of sp³-hybridized carbons (Fsp3) is 0.778. The second-order valence-corrected chi connectivity index (χ2v) is 3.92. The van der Waals surface area contributed by atoms with E-state index in [2.05, 4.69) is 19.9 Å². The average molecular weight is 122 g/mol. The summed E-state index contributed by atoms with van der Waals surface area (Å²) in [6, 6.07) is 0. The van der Waals surface area contributed by atoms with E-state index in [0.29, 0.717) is 5.41 Å². The molecule has 0 spiro atoms. The molecule has 50 valence electrons. The van der Waals surface area contributed by atoms with E-state index < -0.39 is 0 Å². The van der Waals surface area contributed by atoms with Crippen molar-refractivity contribution in [1.82, 2.24) is 0 Å². The monoisotopic (exact) mass is 122 g/mol. The summed E-state index contributed by atoms with van der Waals surface area (Å²) in [6.45, 7) is 4.78. The van der Waals surface area contributed by atoms with Gasteiger partial charge in [0.25, 0.3) is 0 Å². The van der Waals surface area contributed by atoms with Crippen molar-refractivity contribution in [3.05, 3.63) is 11.6 Å². The lowest BCUT2D eigenvalue weighted by Gasteiger charge is -2.21. The molecule has 1 fully saturated rings. The Balaban J connectivity index is 2.40. The van der Waals surface area contributed by atoms with Crippen molar-refractivity contribution in [3.8, 4) is 0 Å². The predicted molar refractivity (Wildman–Crippen MR) is 39.2 cm³/mol. The van der Waals surface area contributed by atoms with Crippen LogP contribution in [0.5, 0.6) is 0 Å². The highest BCUT2D eigenvalue weighted by Crippen LogP contribution is 2.53. The smallest absolute Gasteiger partial charge is 0.0113 e. The van der Waals surface area contributed by atoms with Crippen LogP contribution in [0.1, 0.15) is 33.1 Å². The van der Waals surface area contributed by atoms with Crippen molar-refractivity contribution >= 4 is 0 Å². The third-order valence-corrected chi connectivity index (χ3v) is 3.26. The number of fused-ring (bicyclic) bond motifs is 2. The topological polar surface area (TPSA) is 0 Å². The largest absolute Gasteiger partial charge is 0.0845 e. The summed E-state index contributed by atoms with van der Waals surface area (Å²) >= 11 is 0. The van der Waals surface area contributed by atoms with Gasteiger partial charge in [0.1, 0.15) is 0 Å². The third kappa shape index (κ3) is 0.540. The van der Waals surface area contributed by atoms with Crippen LogP contribution in [0.4, 0.5) is 0 Å². The van der Waals surface area contributed by atoms with Gasteiger partial charge in [-0.3, -0.25) is 0 Å². The quantitative estimate of drug-likeness (QED) is 0.433. The molecule has 0 aromatic rings. The van der Waals surface area contributed by atoms with E-state index in [4.69, 9.17) is 0 Å². The van der Waals surface area contributed by atoms with Crippen molar-refractivity contribution in [2.45, 2.75) is 33.1 Å². The zero-order chi connectivity index (χ0) is 6.48. The zero-order valence-corrected chi connectivity index (χ0v) is 6.28. The minimum atomic E-state index is 0.583. The number of hydrogen-bond acceptors (Lipinski definition) is 0. The Labute approximate surface area is 57.0 Å². The highest BCUT2D eigenvalue weighted by Gasteiger charge is 2.41. The first-order valence-electron chi connectivity index (χ1n) is 3.91. The van der Waals surface area contributed by atoms with Gasteiger partial charge in [0.15, 0.2) is 0 Å². The Hall–Kier alpha value is -0.260. The SMILES string of the molecule is CC1(C)C2=CCC1CC2. The van der Waals surface area contributed by atoms with Crippen molar-refractivity contribution in [2.24, 2.45) is 11.3 Å². The maximum absolute atomic E-state index is 2.45. The summed E-state index contributed by atoms with van der Waals surface area (Å²) in [5, 5.41) is 0. The molecule has 0 heterocycles. The van der Waals surface area contributed by atoms with Crippen molar-refractivity contribution in [2.75, 3.05) is 0 Å². The molecule has 0 N–H and O–H groups in total. The summed E-state index contributed by atoms with van der Waals surface area (Å²) in [5.74, 6) is 0.993. The molecule has 0 saturated heterocycles. The van der Waals surface area contributed by atoms with E-state index in [1.165, 1.54) is 19.3 Å². The van der Waals surface area contributed by atoms with E-state index in [0.717, 1.165) is 5.92 Å². The molecule has 1 atom stereocenters. The van der Waals surface area contributed by atoms with Gasteiger partial charge in [-0.05, 0) is 30.6 Å². The van der Waals surface area contributed by atoms with E-state index in [-0.39, 0.29) is 0 Å². The van der Waals surface area contributed by atoms with Gasteiger partial charge in [-0.1, -0.05) is 25.5 Å². The first-order valence-corrected chi connectivity index (χ1v) is 3.91. The van der Waals surface area contributed by atoms with Crippen LogP contribution in [0, 0.1) is 11.3 Å². The second kappa shape index (κ2) is 1.42. The van der Waals surface area contributed by atoms with Crippen LogP contribution in [0.3, 0.4) is 0 Å². The molecule has 1 saturated carbocycles. The number of allylic oxidation sites excluding steroid dienone is 2. The Morgan fingerprint density at radius 3 is 2.44 bits per heavy atom. The maximum atomic E-state index is 2.45. The molecule has 0 aromatic carbocycles. The first kappa shape index (κ1) is 5.52. The summed E-state index contributed by atoms with van der Waals surface area (Å²) in [7, 11) is 0. The minimum absolute atomic E-state index is 0.583. The normalized spacial score (nSPS) is 37.1. The van der Waals surface area contributed by atoms with Crippen molar-refractivity contribution in [3.63, 3.8) is 0 Å². The Bertz CT molecular complexity index is 163. The lowest BCUT2D eigenvalue weighted by atomic mass is 9.83. The van der Waals surface area contributed by atoms with Gasteiger partial charge in [-0.2, -0.15) is 0 Å². The van der Waals surface area contributed by atoms with Crippen LogP contribution in [-0.2, 0) is 0 Å². The van der Waals surface area contributed by atoms with Crippen LogP contribution in [0.25, 0.3) is 0 Å². The third-order valence-electron chi connectivity index (χ3n) is 3.26. The lowest BCUT2D eigenvalue weighted by molar-refractivity contribution is 0.332. The molecule has 0 aliphatic heterocycles. The van der Waals surface area contributed by atoms with Gasteiger partial charge in [0.2, 0.25) is 0 Å². The molecule has 0 radical (unpaired) electrons. The summed E-state index contributed by atoms with van der Waals surface area (Å²) in [5.41, 5.74) is 2.31. The fourth-order valence-electron chi connectivity index (χ4n) is 2.34. The van der Waals surface area contributed by atoms with Gasteiger partial charge in [0, 0.05) is 0 Å². The maximum Gasteiger partial charge on any atom is -0.0113 e. The van der Waals surface area contributed by atoms with Crippen molar-refractivity contribution < 1.29 is 0 Å². The molecule has 2 aliphatic carbocycles. The zero-order valence-electron chi connectivity index (χ0n) is 6.28. The van der Waals surface area contributed by atoms with Gasteiger partial charge in [-0.15, -0.1) is 0 Å². The molecule has 0 amide bonds. The standard InChI is InChI=1S/C9H14/c1-9(2)7-3-4-8(9)6-5-7/h3,8H,4-6H2,1-2H3. The predicted octanol–water partition coefficient (Wildman–Crippen LogP) is 2.75. The summed E-state index contributed by atoms with van der Waals surface area (Å²) < 4.78 is 0. The van der Waals surface area contributed by atoms with E-state index in [1.807, 2.05) is 0 Å². The lowest BCUT2D eigenvalue weighted by Crippen LogP contribution is -2.13. The van der Waals surface area contributed by atoms with E-state index >= 15 is 0 Å². The Kier molecular flexibility index (Phi) is 0.870. The molecule has 0 nitrogen and oxygen atoms in total. The van der Waals surface area contributed by atoms with E-state index in [1.54, 1.807) is 5.57 Å². The first-order chi connectivity index (χ1) is 4.21. The van der Waals surface area contributed by atoms with Crippen LogP contribution >= 0.6 is 0 Å². The molecule has 0 heteroatoms. The number of hydrogen-bond donors (Lipinski definition) is 0. The summed E-state index contributed by atoms with van der Waals surface area (Å²) in [4.78, 5) is 0. The van der Waals surface area contributed by atoms with Crippen LogP contribution in [0.2, 0.25) is 0 Å². The highest BCUT2D eigenvalue weighted by atomic mass is 14.5.